The maximum absolute atomic E-state index is 14.4. The van der Waals surface area contributed by atoms with Crippen LogP contribution in [-0.4, -0.2) is 41.3 Å². The molecule has 28 heavy (non-hydrogen) atoms. The average molecular weight is 400 g/mol. The summed E-state index contributed by atoms with van der Waals surface area (Å²) in [6.07, 6.45) is 2.04. The van der Waals surface area contributed by atoms with Gasteiger partial charge < -0.3 is 5.43 Å². The highest BCUT2D eigenvalue weighted by molar-refractivity contribution is 7.99. The number of hydrogen-bond donors (Lipinski definition) is 1. The van der Waals surface area contributed by atoms with Gasteiger partial charge in [0.15, 0.2) is 0 Å². The molecule has 2 aromatic rings. The summed E-state index contributed by atoms with van der Waals surface area (Å²) >= 11 is 1.90. The van der Waals surface area contributed by atoms with Gasteiger partial charge in [-0.1, -0.05) is 26.0 Å². The SMILES string of the molecule is CC(C)Sc1ccc(CN2CCC(c3cc(NN4CC4)ccc3F)CC2)cc1. The van der Waals surface area contributed by atoms with E-state index in [4.69, 9.17) is 0 Å². The Morgan fingerprint density at radius 3 is 2.39 bits per heavy atom. The Kier molecular flexibility index (Phi) is 6.24. The first kappa shape index (κ1) is 19.7. The lowest BCUT2D eigenvalue weighted by atomic mass is 9.88. The van der Waals surface area contributed by atoms with E-state index in [-0.39, 0.29) is 5.82 Å². The number of piperidine rings is 1. The third-order valence-electron chi connectivity index (χ3n) is 5.46. The second kappa shape index (κ2) is 8.85. The molecule has 0 radical (unpaired) electrons. The van der Waals surface area contributed by atoms with E-state index in [0.29, 0.717) is 11.2 Å². The maximum atomic E-state index is 14.4. The first-order valence-electron chi connectivity index (χ1n) is 10.4. The van der Waals surface area contributed by atoms with Gasteiger partial charge in [0.05, 0.1) is 0 Å². The Bertz CT molecular complexity index is 781. The van der Waals surface area contributed by atoms with Gasteiger partial charge in [-0.2, -0.15) is 0 Å². The monoisotopic (exact) mass is 399 g/mol. The van der Waals surface area contributed by atoms with Crippen molar-refractivity contribution in [2.45, 2.75) is 49.3 Å². The zero-order valence-electron chi connectivity index (χ0n) is 16.8. The largest absolute Gasteiger partial charge is 0.319 e. The lowest BCUT2D eigenvalue weighted by Gasteiger charge is -2.32. The smallest absolute Gasteiger partial charge is 0.126 e. The number of hydrazine groups is 1. The van der Waals surface area contributed by atoms with E-state index in [1.165, 1.54) is 10.5 Å². The molecule has 5 heteroatoms. The molecular formula is C23H30FN3S. The minimum absolute atomic E-state index is 0.0620. The zero-order valence-corrected chi connectivity index (χ0v) is 17.6. The molecule has 1 N–H and O–H groups in total. The summed E-state index contributed by atoms with van der Waals surface area (Å²) in [7, 11) is 0. The first-order valence-corrected chi connectivity index (χ1v) is 11.2. The van der Waals surface area contributed by atoms with E-state index >= 15 is 0 Å². The van der Waals surface area contributed by atoms with Crippen LogP contribution in [0.3, 0.4) is 0 Å². The van der Waals surface area contributed by atoms with Gasteiger partial charge in [-0.15, -0.1) is 11.8 Å². The van der Waals surface area contributed by atoms with E-state index in [1.807, 2.05) is 23.9 Å². The van der Waals surface area contributed by atoms with Crippen molar-refractivity contribution < 1.29 is 4.39 Å². The van der Waals surface area contributed by atoms with Crippen LogP contribution in [0.25, 0.3) is 0 Å². The summed E-state index contributed by atoms with van der Waals surface area (Å²) in [4.78, 5) is 3.83. The van der Waals surface area contributed by atoms with Gasteiger partial charge in [0, 0.05) is 35.5 Å². The minimum atomic E-state index is -0.0620. The Labute approximate surface area is 172 Å². The van der Waals surface area contributed by atoms with E-state index in [2.05, 4.69) is 53.4 Å². The van der Waals surface area contributed by atoms with Crippen LogP contribution in [0.2, 0.25) is 0 Å². The fourth-order valence-electron chi connectivity index (χ4n) is 3.88. The van der Waals surface area contributed by atoms with Gasteiger partial charge in [0.2, 0.25) is 0 Å². The molecule has 0 saturated carbocycles. The molecule has 2 heterocycles. The molecule has 0 bridgehead atoms. The Morgan fingerprint density at radius 2 is 1.75 bits per heavy atom. The fourth-order valence-corrected chi connectivity index (χ4v) is 4.71. The highest BCUT2D eigenvalue weighted by atomic mass is 32.2. The molecule has 2 aliphatic heterocycles. The number of thioether (sulfide) groups is 1. The molecule has 3 nitrogen and oxygen atoms in total. The van der Waals surface area contributed by atoms with Crippen molar-refractivity contribution in [1.82, 2.24) is 9.91 Å². The lowest BCUT2D eigenvalue weighted by molar-refractivity contribution is 0.203. The van der Waals surface area contributed by atoms with E-state index in [9.17, 15) is 4.39 Å². The summed E-state index contributed by atoms with van der Waals surface area (Å²) < 4.78 is 14.4. The molecule has 2 aliphatic rings. The second-order valence-electron chi connectivity index (χ2n) is 8.20. The normalized spacial score (nSPS) is 18.6. The Morgan fingerprint density at radius 1 is 1.04 bits per heavy atom. The Hall–Kier alpha value is -1.56. The number of anilines is 1. The molecule has 2 saturated heterocycles. The Balaban J connectivity index is 1.32. The molecule has 4 rings (SSSR count). The number of nitrogens with one attached hydrogen (secondary N) is 1. The fraction of sp³-hybridized carbons (Fsp3) is 0.478. The number of hydrogen-bond acceptors (Lipinski definition) is 4. The maximum Gasteiger partial charge on any atom is 0.126 e. The van der Waals surface area contributed by atoms with Crippen LogP contribution in [0.1, 0.15) is 43.7 Å². The zero-order chi connectivity index (χ0) is 19.5. The lowest BCUT2D eigenvalue weighted by Crippen LogP contribution is -2.32. The van der Waals surface area contributed by atoms with Crippen molar-refractivity contribution in [3.05, 3.63) is 59.4 Å². The second-order valence-corrected chi connectivity index (χ2v) is 9.85. The summed E-state index contributed by atoms with van der Waals surface area (Å²) in [5, 5.41) is 2.74. The molecule has 0 atom stereocenters. The van der Waals surface area contributed by atoms with Crippen LogP contribution in [0.5, 0.6) is 0 Å². The molecule has 0 aromatic heterocycles. The van der Waals surface area contributed by atoms with Crippen LogP contribution in [-0.2, 0) is 6.54 Å². The molecule has 0 spiro atoms. The number of nitrogens with zero attached hydrogens (tertiary/aromatic N) is 2. The summed E-state index contributed by atoms with van der Waals surface area (Å²) in [5.74, 6) is 0.255. The van der Waals surface area contributed by atoms with Crippen molar-refractivity contribution >= 4 is 17.4 Å². The van der Waals surface area contributed by atoms with Crippen LogP contribution >= 0.6 is 11.8 Å². The van der Waals surface area contributed by atoms with Gasteiger partial charge in [0.25, 0.3) is 0 Å². The van der Waals surface area contributed by atoms with Gasteiger partial charge in [-0.3, -0.25) is 4.90 Å². The molecule has 0 unspecified atom stereocenters. The van der Waals surface area contributed by atoms with Crippen LogP contribution < -0.4 is 5.43 Å². The number of rotatable bonds is 7. The molecular weight excluding hydrogens is 369 g/mol. The molecule has 0 amide bonds. The number of benzene rings is 2. The predicted molar refractivity (Wildman–Crippen MR) is 116 cm³/mol. The first-order chi connectivity index (χ1) is 13.6. The van der Waals surface area contributed by atoms with Gasteiger partial charge in [-0.25, -0.2) is 9.40 Å². The predicted octanol–water partition coefficient (Wildman–Crippen LogP) is 5.35. The summed E-state index contributed by atoms with van der Waals surface area (Å²) in [5.41, 5.74) is 6.58. The molecule has 2 fully saturated rings. The van der Waals surface area contributed by atoms with E-state index in [1.54, 1.807) is 6.07 Å². The van der Waals surface area contributed by atoms with Crippen molar-refractivity contribution in [3.63, 3.8) is 0 Å². The summed E-state index contributed by atoms with van der Waals surface area (Å²) in [6.45, 7) is 9.62. The van der Waals surface area contributed by atoms with Crippen LogP contribution in [0.4, 0.5) is 10.1 Å². The summed E-state index contributed by atoms with van der Waals surface area (Å²) in [6, 6.07) is 14.4. The van der Waals surface area contributed by atoms with Crippen LogP contribution in [0, 0.1) is 5.82 Å². The number of likely N-dealkylation sites (tertiary alicyclic amines) is 1. The standard InChI is InChI=1S/C23H30FN3S/c1-17(2)28-21-6-3-18(4-7-21)16-26-11-9-19(10-12-26)22-15-20(5-8-23(22)24)25-27-13-14-27/h3-8,15,17,19,25H,9-14,16H2,1-2H3. The van der Waals surface area contributed by atoms with Crippen LogP contribution in [0.15, 0.2) is 47.4 Å². The molecule has 2 aromatic carbocycles. The quantitative estimate of drug-likeness (QED) is 0.499. The van der Waals surface area contributed by atoms with Crippen molar-refractivity contribution in [3.8, 4) is 0 Å². The number of halogens is 1. The topological polar surface area (TPSA) is 18.3 Å². The third-order valence-corrected chi connectivity index (χ3v) is 6.47. The third kappa shape index (κ3) is 5.28. The minimum Gasteiger partial charge on any atom is -0.319 e. The van der Waals surface area contributed by atoms with Gasteiger partial charge in [-0.05, 0) is 73.3 Å². The van der Waals surface area contributed by atoms with E-state index < -0.39 is 0 Å². The van der Waals surface area contributed by atoms with Crippen molar-refractivity contribution in [2.24, 2.45) is 0 Å². The molecule has 150 valence electrons. The average Bonchev–Trinajstić information content (AvgIpc) is 3.49. The molecule has 0 aliphatic carbocycles. The van der Waals surface area contributed by atoms with Crippen molar-refractivity contribution in [1.29, 1.82) is 0 Å². The van der Waals surface area contributed by atoms with Crippen molar-refractivity contribution in [2.75, 3.05) is 31.6 Å². The highest BCUT2D eigenvalue weighted by Crippen LogP contribution is 2.32. The van der Waals surface area contributed by atoms with Gasteiger partial charge in [0.1, 0.15) is 5.82 Å². The van der Waals surface area contributed by atoms with Gasteiger partial charge >= 0.3 is 0 Å². The highest BCUT2D eigenvalue weighted by Gasteiger charge is 2.24. The van der Waals surface area contributed by atoms with E-state index in [0.717, 1.165) is 56.8 Å².